The molecule has 0 radical (unpaired) electrons. The molecule has 3 aromatic carbocycles. The average Bonchev–Trinajstić information content (AvgIpc) is 3.70. The fourth-order valence-electron chi connectivity index (χ4n) is 6.77. The number of rotatable bonds is 6. The van der Waals surface area contributed by atoms with E-state index in [1.165, 1.54) is 4.90 Å². The number of Topliss-reactive ketones (excluding diaryl/α,β-unsaturated/α-hetero) is 1. The van der Waals surface area contributed by atoms with Gasteiger partial charge in [0, 0.05) is 21.5 Å². The number of ether oxygens (including phenoxy) is 1. The van der Waals surface area contributed by atoms with Crippen molar-refractivity contribution in [3.63, 3.8) is 0 Å². The van der Waals surface area contributed by atoms with Crippen LogP contribution in [0.3, 0.4) is 0 Å². The van der Waals surface area contributed by atoms with Gasteiger partial charge in [-0.3, -0.25) is 19.3 Å². The van der Waals surface area contributed by atoms with Gasteiger partial charge in [0.05, 0.1) is 34.3 Å². The zero-order chi connectivity index (χ0) is 30.0. The monoisotopic (exact) mass is 590 g/mol. The second-order valence-electron chi connectivity index (χ2n) is 11.5. The van der Waals surface area contributed by atoms with Crippen molar-refractivity contribution in [1.82, 2.24) is 4.98 Å². The van der Waals surface area contributed by atoms with Gasteiger partial charge in [0.1, 0.15) is 0 Å². The number of nitrogens with zero attached hydrogens (tertiary/aromatic N) is 2. The molecule has 214 valence electrons. The molecule has 1 aromatic heterocycles. The number of ketones is 1. The van der Waals surface area contributed by atoms with Gasteiger partial charge < -0.3 is 4.74 Å². The number of carbonyl (C=O) groups excluding carboxylic acids is 4. The molecule has 7 nitrogen and oxygen atoms in total. The lowest BCUT2D eigenvalue weighted by Crippen LogP contribution is -2.32. The van der Waals surface area contributed by atoms with Gasteiger partial charge in [-0.1, -0.05) is 54.1 Å². The normalized spacial score (nSPS) is 22.7. The van der Waals surface area contributed by atoms with Crippen molar-refractivity contribution < 1.29 is 23.9 Å². The van der Waals surface area contributed by atoms with E-state index in [0.29, 0.717) is 38.4 Å². The highest BCUT2D eigenvalue weighted by molar-refractivity contribution is 6.30. The Morgan fingerprint density at radius 3 is 2.23 bits per heavy atom. The van der Waals surface area contributed by atoms with Crippen LogP contribution in [-0.2, 0) is 14.3 Å². The molecule has 0 spiro atoms. The highest BCUT2D eigenvalue weighted by atomic mass is 35.5. The minimum Gasteiger partial charge on any atom is -0.451 e. The molecule has 2 bridgehead atoms. The van der Waals surface area contributed by atoms with Gasteiger partial charge in [-0.15, -0.1) is 0 Å². The highest BCUT2D eigenvalue weighted by Crippen LogP contribution is 2.53. The van der Waals surface area contributed by atoms with Crippen molar-refractivity contribution >= 4 is 51.8 Å². The number of benzene rings is 3. The molecular formula is C35H27ClN2O5. The lowest BCUT2D eigenvalue weighted by Gasteiger charge is -2.18. The number of pyridine rings is 1. The molecule has 5 unspecified atom stereocenters. The van der Waals surface area contributed by atoms with E-state index in [0.717, 1.165) is 12.0 Å². The number of fused-ring (bicyclic) bond motifs is 6. The molecule has 8 heteroatoms. The molecule has 5 atom stereocenters. The van der Waals surface area contributed by atoms with Crippen LogP contribution in [0.1, 0.15) is 39.6 Å². The van der Waals surface area contributed by atoms with E-state index in [9.17, 15) is 19.2 Å². The SMILES string of the molecule is Cc1cccc2c(C(=O)OC(C)C(=O)c3ccc(Cl)cc3)cc(-c3ccc(N4C(=O)C5C6C=CC(C6)C5C4=O)cc3)nc12. The fraction of sp³-hybridized carbons (Fsp3) is 0.229. The summed E-state index contributed by atoms with van der Waals surface area (Å²) in [6.07, 6.45) is 4.01. The van der Waals surface area contributed by atoms with Crippen LogP contribution in [0, 0.1) is 30.6 Å². The van der Waals surface area contributed by atoms with E-state index in [4.69, 9.17) is 21.3 Å². The van der Waals surface area contributed by atoms with Crippen LogP contribution in [0.5, 0.6) is 0 Å². The van der Waals surface area contributed by atoms with E-state index in [-0.39, 0.29) is 46.8 Å². The van der Waals surface area contributed by atoms with E-state index in [1.54, 1.807) is 67.6 Å². The molecule has 0 N–H and O–H groups in total. The Morgan fingerprint density at radius 1 is 0.930 bits per heavy atom. The first-order chi connectivity index (χ1) is 20.7. The van der Waals surface area contributed by atoms with Crippen molar-refractivity contribution in [1.29, 1.82) is 0 Å². The number of esters is 1. The Morgan fingerprint density at radius 2 is 1.58 bits per heavy atom. The lowest BCUT2D eigenvalue weighted by atomic mass is 9.85. The summed E-state index contributed by atoms with van der Waals surface area (Å²) in [6.45, 7) is 3.45. The molecule has 2 aliphatic carbocycles. The summed E-state index contributed by atoms with van der Waals surface area (Å²) in [4.78, 5) is 59.1. The van der Waals surface area contributed by atoms with Crippen LogP contribution in [0.25, 0.3) is 22.2 Å². The Hall–Kier alpha value is -4.62. The summed E-state index contributed by atoms with van der Waals surface area (Å²) in [7, 11) is 0. The summed E-state index contributed by atoms with van der Waals surface area (Å²) >= 11 is 5.94. The minimum absolute atomic E-state index is 0.133. The largest absolute Gasteiger partial charge is 0.451 e. The number of hydrogen-bond acceptors (Lipinski definition) is 6. The zero-order valence-electron chi connectivity index (χ0n) is 23.5. The maximum Gasteiger partial charge on any atom is 0.339 e. The van der Waals surface area contributed by atoms with Gasteiger partial charge in [-0.05, 0) is 80.1 Å². The first-order valence-corrected chi connectivity index (χ1v) is 14.7. The number of imide groups is 1. The minimum atomic E-state index is -1.02. The number of amides is 2. The first-order valence-electron chi connectivity index (χ1n) is 14.3. The number of aryl methyl sites for hydroxylation is 1. The standard InChI is InChI=1S/C35H27ClN2O5/c1-18-4-3-5-26-27(35(42)43-19(2)32(39)21-8-12-24(36)13-9-21)17-28(37-31(18)26)20-10-14-25(15-11-20)38-33(40)29-22-6-7-23(16-22)30(29)34(38)41/h3-15,17,19,22-23,29-30H,16H2,1-2H3. The van der Waals surface area contributed by atoms with Crippen LogP contribution in [-0.4, -0.2) is 34.7 Å². The number of halogens is 1. The van der Waals surface area contributed by atoms with Crippen molar-refractivity contribution in [3.05, 3.63) is 107 Å². The van der Waals surface area contributed by atoms with Crippen molar-refractivity contribution in [2.45, 2.75) is 26.4 Å². The average molecular weight is 591 g/mol. The summed E-state index contributed by atoms with van der Waals surface area (Å²) in [5.41, 5.74) is 3.93. The third kappa shape index (κ3) is 4.46. The molecule has 43 heavy (non-hydrogen) atoms. The second-order valence-corrected chi connectivity index (χ2v) is 11.9. The first kappa shape index (κ1) is 27.2. The predicted molar refractivity (Wildman–Crippen MR) is 163 cm³/mol. The molecule has 2 amide bonds. The molecule has 1 saturated carbocycles. The van der Waals surface area contributed by atoms with Gasteiger partial charge in [-0.25, -0.2) is 9.78 Å². The smallest absolute Gasteiger partial charge is 0.339 e. The third-order valence-electron chi connectivity index (χ3n) is 8.93. The van der Waals surface area contributed by atoms with Crippen LogP contribution in [0.4, 0.5) is 5.69 Å². The maximum atomic E-state index is 13.5. The molecule has 4 aromatic rings. The third-order valence-corrected chi connectivity index (χ3v) is 9.19. The number of para-hydroxylation sites is 1. The highest BCUT2D eigenvalue weighted by Gasteiger charge is 2.59. The summed E-state index contributed by atoms with van der Waals surface area (Å²) in [5, 5.41) is 1.12. The quantitative estimate of drug-likeness (QED) is 0.109. The van der Waals surface area contributed by atoms with Crippen LogP contribution in [0.15, 0.2) is 84.9 Å². The Labute approximate surface area is 253 Å². The molecule has 1 saturated heterocycles. The molecule has 2 fully saturated rings. The van der Waals surface area contributed by atoms with Crippen molar-refractivity contribution in [2.24, 2.45) is 23.7 Å². The van der Waals surface area contributed by atoms with Gasteiger partial charge in [0.2, 0.25) is 17.6 Å². The van der Waals surface area contributed by atoms with Gasteiger partial charge >= 0.3 is 5.97 Å². The number of carbonyl (C=O) groups is 4. The number of hydrogen-bond donors (Lipinski definition) is 0. The second kappa shape index (κ2) is 10.3. The number of allylic oxidation sites excluding steroid dienone is 2. The van der Waals surface area contributed by atoms with Crippen molar-refractivity contribution in [3.8, 4) is 11.3 Å². The number of aromatic nitrogens is 1. The Balaban J connectivity index is 1.18. The van der Waals surface area contributed by atoms with E-state index >= 15 is 0 Å². The molecule has 1 aliphatic heterocycles. The van der Waals surface area contributed by atoms with Crippen LogP contribution < -0.4 is 4.90 Å². The Bertz CT molecular complexity index is 1830. The maximum absolute atomic E-state index is 13.5. The lowest BCUT2D eigenvalue weighted by molar-refractivity contribution is -0.123. The van der Waals surface area contributed by atoms with Crippen LogP contribution >= 0.6 is 11.6 Å². The van der Waals surface area contributed by atoms with Crippen molar-refractivity contribution in [2.75, 3.05) is 4.90 Å². The zero-order valence-corrected chi connectivity index (χ0v) is 24.2. The topological polar surface area (TPSA) is 93.6 Å². The van der Waals surface area contributed by atoms with Crippen LogP contribution in [0.2, 0.25) is 5.02 Å². The van der Waals surface area contributed by atoms with Gasteiger partial charge in [-0.2, -0.15) is 0 Å². The van der Waals surface area contributed by atoms with E-state index in [2.05, 4.69) is 12.2 Å². The van der Waals surface area contributed by atoms with Gasteiger partial charge in [0.25, 0.3) is 0 Å². The molecule has 2 heterocycles. The van der Waals surface area contributed by atoms with E-state index in [1.807, 2.05) is 19.1 Å². The fourth-order valence-corrected chi connectivity index (χ4v) is 6.90. The van der Waals surface area contributed by atoms with E-state index < -0.39 is 12.1 Å². The Kier molecular flexibility index (Phi) is 6.51. The summed E-state index contributed by atoms with van der Waals surface area (Å²) < 4.78 is 5.65. The molecular weight excluding hydrogens is 564 g/mol. The summed E-state index contributed by atoms with van der Waals surface area (Å²) in [5.74, 6) is -1.50. The molecule has 3 aliphatic rings. The number of anilines is 1. The molecule has 7 rings (SSSR count). The predicted octanol–water partition coefficient (Wildman–Crippen LogP) is 6.60. The van der Waals surface area contributed by atoms with Gasteiger partial charge in [0.15, 0.2) is 6.10 Å². The summed E-state index contributed by atoms with van der Waals surface area (Å²) in [6, 6.07) is 20.7.